The van der Waals surface area contributed by atoms with Gasteiger partial charge in [-0.3, -0.25) is 19.9 Å². The van der Waals surface area contributed by atoms with Crippen LogP contribution in [-0.4, -0.2) is 26.8 Å². The van der Waals surface area contributed by atoms with Crippen LogP contribution in [-0.2, 0) is 31.4 Å². The van der Waals surface area contributed by atoms with Crippen LogP contribution in [0.1, 0.15) is 24.0 Å². The lowest BCUT2D eigenvalue weighted by atomic mass is 10.2. The molecule has 140 valence electrons. The molecule has 2 heterocycles. The van der Waals surface area contributed by atoms with Gasteiger partial charge < -0.3 is 9.47 Å². The summed E-state index contributed by atoms with van der Waals surface area (Å²) in [6.45, 7) is -0.0635. The number of non-ortho nitro benzene ring substituents is 1. The van der Waals surface area contributed by atoms with E-state index in [1.165, 1.54) is 36.0 Å². The predicted octanol–water partition coefficient (Wildman–Crippen LogP) is 3.00. The Labute approximate surface area is 159 Å². The summed E-state index contributed by atoms with van der Waals surface area (Å²) in [6.07, 6.45) is 3.68. The number of aromatic nitrogens is 1. The maximum absolute atomic E-state index is 12.6. The number of pyridine rings is 1. The number of cyclic esters (lactones) is 1. The Kier molecular flexibility index (Phi) is 5.70. The molecule has 1 unspecified atom stereocenters. The number of ether oxygens (including phenoxy) is 2. The number of carbonyl (C=O) groups is 2. The summed E-state index contributed by atoms with van der Waals surface area (Å²) >= 11 is 1.20. The van der Waals surface area contributed by atoms with Gasteiger partial charge in [0.25, 0.3) is 10.6 Å². The van der Waals surface area contributed by atoms with Crippen LogP contribution >= 0.6 is 11.8 Å². The van der Waals surface area contributed by atoms with Gasteiger partial charge in [-0.25, -0.2) is 4.79 Å². The summed E-state index contributed by atoms with van der Waals surface area (Å²) in [5.41, 5.74) is 1.51. The van der Waals surface area contributed by atoms with Crippen LogP contribution in [0.15, 0.2) is 48.8 Å². The van der Waals surface area contributed by atoms with Crippen LogP contribution in [0.4, 0.5) is 5.69 Å². The van der Waals surface area contributed by atoms with Gasteiger partial charge in [0.1, 0.15) is 6.61 Å². The molecule has 1 aromatic carbocycles. The zero-order valence-electron chi connectivity index (χ0n) is 14.2. The summed E-state index contributed by atoms with van der Waals surface area (Å²) in [7, 11) is 0. The van der Waals surface area contributed by atoms with Crippen LogP contribution in [0.25, 0.3) is 0 Å². The molecule has 0 bridgehead atoms. The van der Waals surface area contributed by atoms with Crippen molar-refractivity contribution in [1.29, 1.82) is 0 Å². The molecule has 0 saturated carbocycles. The second-order valence-corrected chi connectivity index (χ2v) is 7.11. The third-order valence-corrected chi connectivity index (χ3v) is 5.38. The second-order valence-electron chi connectivity index (χ2n) is 5.87. The quantitative estimate of drug-likeness (QED) is 0.405. The van der Waals surface area contributed by atoms with E-state index in [1.54, 1.807) is 12.4 Å². The Hall–Kier alpha value is -2.94. The third kappa shape index (κ3) is 4.62. The Morgan fingerprint density at radius 1 is 1.22 bits per heavy atom. The molecule has 8 nitrogen and oxygen atoms in total. The molecule has 1 aliphatic heterocycles. The van der Waals surface area contributed by atoms with E-state index in [9.17, 15) is 19.7 Å². The van der Waals surface area contributed by atoms with Gasteiger partial charge in [0.2, 0.25) is 0 Å². The number of hydrogen-bond donors (Lipinski definition) is 0. The third-order valence-electron chi connectivity index (χ3n) is 3.99. The normalized spacial score (nSPS) is 18.7. The molecule has 1 fully saturated rings. The van der Waals surface area contributed by atoms with Gasteiger partial charge in [0.15, 0.2) is 0 Å². The number of hydrogen-bond acceptors (Lipinski definition) is 8. The molecule has 0 spiro atoms. The first kappa shape index (κ1) is 18.8. The van der Waals surface area contributed by atoms with E-state index < -0.39 is 21.8 Å². The molecule has 0 amide bonds. The molecule has 1 saturated heterocycles. The molecule has 27 heavy (non-hydrogen) atoms. The molecular formula is C18H16N2O6S. The molecule has 0 N–H and O–H groups in total. The van der Waals surface area contributed by atoms with Crippen LogP contribution in [0.5, 0.6) is 0 Å². The number of benzene rings is 1. The molecule has 0 radical (unpaired) electrons. The lowest BCUT2D eigenvalue weighted by Gasteiger charge is -2.24. The Balaban J connectivity index is 1.64. The molecule has 1 atom stereocenters. The van der Waals surface area contributed by atoms with Crippen molar-refractivity contribution in [3.63, 3.8) is 0 Å². The second kappa shape index (κ2) is 8.17. The van der Waals surface area contributed by atoms with Gasteiger partial charge in [-0.05, 0) is 35.4 Å². The highest BCUT2D eigenvalue weighted by Gasteiger charge is 2.49. The maximum atomic E-state index is 12.6. The average molecular weight is 388 g/mol. The smallest absolute Gasteiger partial charge is 0.361 e. The molecule has 1 aromatic heterocycles. The number of nitro benzene ring substituents is 1. The lowest BCUT2D eigenvalue weighted by Crippen LogP contribution is -2.36. The van der Waals surface area contributed by atoms with Crippen molar-refractivity contribution in [2.75, 3.05) is 0 Å². The standard InChI is InChI=1S/C18H16N2O6S/c21-16-5-8-18(26-16,27-12-14-6-9-19-10-7-14)17(22)25-11-13-1-3-15(4-2-13)20(23)24/h1-4,6-7,9-10H,5,8,11-12H2. The summed E-state index contributed by atoms with van der Waals surface area (Å²) in [4.78, 5) is 37.0. The fraction of sp³-hybridized carbons (Fsp3) is 0.278. The number of rotatable bonds is 7. The summed E-state index contributed by atoms with van der Waals surface area (Å²) in [5, 5.41) is 10.7. The molecule has 3 rings (SSSR count). The van der Waals surface area contributed by atoms with Crippen molar-refractivity contribution in [3.8, 4) is 0 Å². The fourth-order valence-electron chi connectivity index (χ4n) is 2.51. The van der Waals surface area contributed by atoms with Gasteiger partial charge in [-0.1, -0.05) is 11.8 Å². The maximum Gasteiger partial charge on any atom is 0.361 e. The minimum atomic E-state index is -1.37. The number of carbonyl (C=O) groups excluding carboxylic acids is 2. The van der Waals surface area contributed by atoms with E-state index in [1.807, 2.05) is 12.1 Å². The zero-order valence-corrected chi connectivity index (χ0v) is 15.0. The van der Waals surface area contributed by atoms with Crippen LogP contribution < -0.4 is 0 Å². The Bertz CT molecular complexity index is 843. The minimum Gasteiger partial charge on any atom is -0.457 e. The van der Waals surface area contributed by atoms with Crippen molar-refractivity contribution in [1.82, 2.24) is 4.98 Å². The first-order valence-electron chi connectivity index (χ1n) is 8.14. The number of esters is 2. The average Bonchev–Trinajstić information content (AvgIpc) is 3.08. The van der Waals surface area contributed by atoms with Crippen molar-refractivity contribution in [3.05, 3.63) is 70.0 Å². The topological polar surface area (TPSA) is 109 Å². The van der Waals surface area contributed by atoms with Crippen molar-refractivity contribution in [2.24, 2.45) is 0 Å². The zero-order chi connectivity index (χ0) is 19.3. The first-order valence-corrected chi connectivity index (χ1v) is 9.12. The number of nitrogens with zero attached hydrogens (tertiary/aromatic N) is 2. The minimum absolute atomic E-state index is 0.0424. The van der Waals surface area contributed by atoms with E-state index >= 15 is 0 Å². The van der Waals surface area contributed by atoms with E-state index in [0.29, 0.717) is 11.3 Å². The van der Waals surface area contributed by atoms with Gasteiger partial charge in [-0.15, -0.1) is 0 Å². The predicted molar refractivity (Wildman–Crippen MR) is 96.5 cm³/mol. The van der Waals surface area contributed by atoms with Gasteiger partial charge in [0.05, 0.1) is 11.3 Å². The summed E-state index contributed by atoms with van der Waals surface area (Å²) < 4.78 is 10.6. The highest BCUT2D eigenvalue weighted by molar-refractivity contribution is 8.00. The molecule has 0 aliphatic carbocycles. The largest absolute Gasteiger partial charge is 0.457 e. The summed E-state index contributed by atoms with van der Waals surface area (Å²) in [5.74, 6) is -0.613. The van der Waals surface area contributed by atoms with Crippen molar-refractivity contribution < 1.29 is 24.0 Å². The van der Waals surface area contributed by atoms with Gasteiger partial charge in [-0.2, -0.15) is 0 Å². The SMILES string of the molecule is O=C1CCC(SCc2ccncc2)(C(=O)OCc2ccc([N+](=O)[O-])cc2)O1. The van der Waals surface area contributed by atoms with Gasteiger partial charge in [0, 0.05) is 36.7 Å². The highest BCUT2D eigenvalue weighted by atomic mass is 32.2. The molecular weight excluding hydrogens is 372 g/mol. The van der Waals surface area contributed by atoms with Crippen LogP contribution in [0.3, 0.4) is 0 Å². The lowest BCUT2D eigenvalue weighted by molar-refractivity contribution is -0.384. The summed E-state index contributed by atoms with van der Waals surface area (Å²) in [6, 6.07) is 9.35. The molecule has 9 heteroatoms. The Morgan fingerprint density at radius 2 is 1.93 bits per heavy atom. The molecule has 1 aliphatic rings. The number of thioether (sulfide) groups is 1. The van der Waals surface area contributed by atoms with Crippen molar-refractivity contribution >= 4 is 29.4 Å². The van der Waals surface area contributed by atoms with E-state index in [4.69, 9.17) is 9.47 Å². The Morgan fingerprint density at radius 3 is 2.52 bits per heavy atom. The van der Waals surface area contributed by atoms with E-state index in [2.05, 4.69) is 4.98 Å². The van der Waals surface area contributed by atoms with E-state index in [-0.39, 0.29) is 25.1 Å². The van der Waals surface area contributed by atoms with E-state index in [0.717, 1.165) is 5.56 Å². The first-order chi connectivity index (χ1) is 13.0. The van der Waals surface area contributed by atoms with Crippen LogP contribution in [0.2, 0.25) is 0 Å². The highest BCUT2D eigenvalue weighted by Crippen LogP contribution is 2.40. The fourth-order valence-corrected chi connectivity index (χ4v) is 3.68. The van der Waals surface area contributed by atoms with Gasteiger partial charge >= 0.3 is 11.9 Å². The monoisotopic (exact) mass is 388 g/mol. The number of nitro groups is 1. The van der Waals surface area contributed by atoms with Crippen molar-refractivity contribution in [2.45, 2.75) is 30.1 Å². The van der Waals surface area contributed by atoms with Crippen LogP contribution in [0, 0.1) is 10.1 Å². The molecule has 2 aromatic rings.